The minimum atomic E-state index is -3.32. The minimum absolute atomic E-state index is 0.441. The maximum Gasteiger partial charge on any atom is 0.151 e. The summed E-state index contributed by atoms with van der Waals surface area (Å²) in [5, 5.41) is -1.59. The van der Waals surface area contributed by atoms with Crippen LogP contribution in [0, 0.1) is 0 Å². The van der Waals surface area contributed by atoms with Crippen molar-refractivity contribution < 1.29 is 16.8 Å². The smallest absolute Gasteiger partial charge is 0.151 e. The lowest BCUT2D eigenvalue weighted by molar-refractivity contribution is 0.534. The number of hydrogen-bond acceptors (Lipinski definition) is 4. The molecule has 0 aromatic carbocycles. The zero-order chi connectivity index (χ0) is 14.4. The third-order valence-electron chi connectivity index (χ3n) is 3.34. The van der Waals surface area contributed by atoms with Crippen LogP contribution >= 0.6 is 0 Å². The van der Waals surface area contributed by atoms with Crippen LogP contribution in [0.15, 0.2) is 0 Å². The van der Waals surface area contributed by atoms with Gasteiger partial charge in [0.25, 0.3) is 0 Å². The molecular formula is C12H26O4S2. The minimum Gasteiger partial charge on any atom is -0.229 e. The molecule has 0 aliphatic heterocycles. The molecule has 0 saturated heterocycles. The van der Waals surface area contributed by atoms with Gasteiger partial charge < -0.3 is 0 Å². The van der Waals surface area contributed by atoms with Gasteiger partial charge in [0.05, 0.1) is 10.5 Å². The Bertz CT molecular complexity index is 423. The van der Waals surface area contributed by atoms with Gasteiger partial charge in [-0.25, -0.2) is 16.8 Å². The highest BCUT2D eigenvalue weighted by Crippen LogP contribution is 2.19. The zero-order valence-corrected chi connectivity index (χ0v) is 13.5. The van der Waals surface area contributed by atoms with Gasteiger partial charge in [0.2, 0.25) is 0 Å². The van der Waals surface area contributed by atoms with Crippen molar-refractivity contribution in [2.24, 2.45) is 0 Å². The van der Waals surface area contributed by atoms with Crippen molar-refractivity contribution in [2.75, 3.05) is 12.5 Å². The Balaban J connectivity index is 4.55. The van der Waals surface area contributed by atoms with Crippen molar-refractivity contribution in [3.8, 4) is 0 Å². The van der Waals surface area contributed by atoms with E-state index in [1.54, 1.807) is 0 Å². The highest BCUT2D eigenvalue weighted by molar-refractivity contribution is 7.95. The van der Waals surface area contributed by atoms with Crippen molar-refractivity contribution in [1.29, 1.82) is 0 Å². The van der Waals surface area contributed by atoms with Gasteiger partial charge in [-0.15, -0.1) is 0 Å². The molecule has 6 heteroatoms. The lowest BCUT2D eigenvalue weighted by Crippen LogP contribution is -2.36. The molecule has 0 fully saturated rings. The first-order valence-corrected chi connectivity index (χ1v) is 10.4. The number of rotatable bonds is 9. The van der Waals surface area contributed by atoms with Gasteiger partial charge in [0.15, 0.2) is 19.7 Å². The first-order chi connectivity index (χ1) is 8.10. The number of hydrogen-bond donors (Lipinski definition) is 0. The Morgan fingerprint density at radius 3 is 1.72 bits per heavy atom. The SMILES string of the molecule is CCCCCCCC(C(C)S(C)(=O)=O)S(C)(=O)=O. The average Bonchev–Trinajstić information content (AvgIpc) is 2.19. The summed E-state index contributed by atoms with van der Waals surface area (Å²) in [5.74, 6) is 0. The van der Waals surface area contributed by atoms with E-state index >= 15 is 0 Å². The molecule has 0 aromatic heterocycles. The normalized spacial score (nSPS) is 16.4. The van der Waals surface area contributed by atoms with Crippen molar-refractivity contribution in [3.05, 3.63) is 0 Å². The van der Waals surface area contributed by atoms with E-state index in [1.807, 2.05) is 0 Å². The van der Waals surface area contributed by atoms with E-state index in [9.17, 15) is 16.8 Å². The molecule has 0 amide bonds. The molecule has 2 unspecified atom stereocenters. The molecule has 18 heavy (non-hydrogen) atoms. The third-order valence-corrected chi connectivity index (χ3v) is 6.94. The summed E-state index contributed by atoms with van der Waals surface area (Å²) in [6.45, 7) is 3.61. The molecule has 110 valence electrons. The Labute approximate surface area is 112 Å². The molecule has 0 aliphatic carbocycles. The van der Waals surface area contributed by atoms with Crippen LogP contribution in [-0.2, 0) is 19.7 Å². The molecule has 0 heterocycles. The fourth-order valence-corrected chi connectivity index (χ4v) is 5.21. The average molecular weight is 298 g/mol. The highest BCUT2D eigenvalue weighted by atomic mass is 32.2. The first-order valence-electron chi connectivity index (χ1n) is 6.48. The second kappa shape index (κ2) is 7.48. The lowest BCUT2D eigenvalue weighted by atomic mass is 10.1. The van der Waals surface area contributed by atoms with Gasteiger partial charge in [-0.2, -0.15) is 0 Å². The second-order valence-electron chi connectivity index (χ2n) is 5.11. The molecule has 0 radical (unpaired) electrons. The van der Waals surface area contributed by atoms with Crippen LogP contribution in [0.3, 0.4) is 0 Å². The summed E-state index contributed by atoms with van der Waals surface area (Å²) >= 11 is 0. The van der Waals surface area contributed by atoms with Crippen LogP contribution in [0.4, 0.5) is 0 Å². The van der Waals surface area contributed by atoms with E-state index in [0.29, 0.717) is 6.42 Å². The van der Waals surface area contributed by atoms with Gasteiger partial charge in [-0.1, -0.05) is 39.0 Å². The molecule has 0 aliphatic rings. The maximum absolute atomic E-state index is 11.7. The fraction of sp³-hybridized carbons (Fsp3) is 1.00. The predicted molar refractivity (Wildman–Crippen MR) is 76.3 cm³/mol. The molecule has 0 spiro atoms. The van der Waals surface area contributed by atoms with Gasteiger partial charge >= 0.3 is 0 Å². The molecule has 0 saturated carbocycles. The highest BCUT2D eigenvalue weighted by Gasteiger charge is 2.32. The standard InChI is InChI=1S/C12H26O4S2/c1-5-6-7-8-9-10-12(18(4,15)16)11(2)17(3,13)14/h11-12H,5-10H2,1-4H3. The van der Waals surface area contributed by atoms with Crippen molar-refractivity contribution >= 4 is 19.7 Å². The Morgan fingerprint density at radius 2 is 1.33 bits per heavy atom. The van der Waals surface area contributed by atoms with Gasteiger partial charge in [0, 0.05) is 12.5 Å². The number of unbranched alkanes of at least 4 members (excludes halogenated alkanes) is 4. The van der Waals surface area contributed by atoms with Crippen molar-refractivity contribution in [2.45, 2.75) is 62.9 Å². The number of sulfone groups is 2. The summed E-state index contributed by atoms with van der Waals surface area (Å²) in [6.07, 6.45) is 7.78. The van der Waals surface area contributed by atoms with E-state index < -0.39 is 30.2 Å². The zero-order valence-electron chi connectivity index (χ0n) is 11.8. The second-order valence-corrected chi connectivity index (χ2v) is 9.77. The topological polar surface area (TPSA) is 68.3 Å². The quantitative estimate of drug-likeness (QED) is 0.612. The molecule has 0 rings (SSSR count). The molecule has 0 N–H and O–H groups in total. The molecule has 0 bridgehead atoms. The third kappa shape index (κ3) is 6.73. The largest absolute Gasteiger partial charge is 0.229 e. The van der Waals surface area contributed by atoms with Gasteiger partial charge in [-0.3, -0.25) is 0 Å². The Kier molecular flexibility index (Phi) is 7.44. The monoisotopic (exact) mass is 298 g/mol. The van der Waals surface area contributed by atoms with Crippen molar-refractivity contribution in [3.63, 3.8) is 0 Å². The summed E-state index contributed by atoms with van der Waals surface area (Å²) in [5.41, 5.74) is 0. The molecule has 4 nitrogen and oxygen atoms in total. The van der Waals surface area contributed by atoms with Crippen LogP contribution < -0.4 is 0 Å². The lowest BCUT2D eigenvalue weighted by Gasteiger charge is -2.20. The molecular weight excluding hydrogens is 272 g/mol. The Hall–Kier alpha value is -0.100. The van der Waals surface area contributed by atoms with E-state index in [4.69, 9.17) is 0 Å². The summed E-state index contributed by atoms with van der Waals surface area (Å²) in [4.78, 5) is 0. The van der Waals surface area contributed by atoms with E-state index in [-0.39, 0.29) is 0 Å². The van der Waals surface area contributed by atoms with Gasteiger partial charge in [0.1, 0.15) is 0 Å². The summed E-state index contributed by atoms with van der Waals surface area (Å²) in [7, 11) is -6.63. The fourth-order valence-electron chi connectivity index (χ4n) is 2.02. The first kappa shape index (κ1) is 17.9. The predicted octanol–water partition coefficient (Wildman–Crippen LogP) is 2.19. The van der Waals surface area contributed by atoms with Crippen LogP contribution in [0.1, 0.15) is 52.4 Å². The van der Waals surface area contributed by atoms with E-state index in [1.165, 1.54) is 6.92 Å². The maximum atomic E-state index is 11.7. The van der Waals surface area contributed by atoms with Crippen LogP contribution in [0.2, 0.25) is 0 Å². The Morgan fingerprint density at radius 1 is 0.833 bits per heavy atom. The molecule has 0 aromatic rings. The van der Waals surface area contributed by atoms with E-state index in [2.05, 4.69) is 6.92 Å². The van der Waals surface area contributed by atoms with Crippen LogP contribution in [0.25, 0.3) is 0 Å². The van der Waals surface area contributed by atoms with E-state index in [0.717, 1.165) is 44.6 Å². The summed E-state index contributed by atoms with van der Waals surface area (Å²) < 4.78 is 46.3. The van der Waals surface area contributed by atoms with Crippen molar-refractivity contribution in [1.82, 2.24) is 0 Å². The summed E-state index contributed by atoms with van der Waals surface area (Å²) in [6, 6.07) is 0. The van der Waals surface area contributed by atoms with Crippen LogP contribution in [0.5, 0.6) is 0 Å². The van der Waals surface area contributed by atoms with Gasteiger partial charge in [-0.05, 0) is 13.3 Å². The molecule has 2 atom stereocenters. The van der Waals surface area contributed by atoms with Crippen LogP contribution in [-0.4, -0.2) is 39.8 Å².